The second-order valence-corrected chi connectivity index (χ2v) is 3.11. The summed E-state index contributed by atoms with van der Waals surface area (Å²) in [5.74, 6) is 0. The molecule has 0 N–H and O–H groups in total. The van der Waals surface area contributed by atoms with E-state index in [0.717, 1.165) is 12.3 Å². The second-order valence-electron chi connectivity index (χ2n) is 1.96. The van der Waals surface area contributed by atoms with Crippen LogP contribution in [0.3, 0.4) is 0 Å². The normalized spacial score (nSPS) is 11.8. The summed E-state index contributed by atoms with van der Waals surface area (Å²) in [6.07, 6.45) is -3.39. The highest BCUT2D eigenvalue weighted by Crippen LogP contribution is 2.36. The van der Waals surface area contributed by atoms with Crippen LogP contribution in [-0.2, 0) is 6.18 Å². The molecule has 66 valence electrons. The van der Waals surface area contributed by atoms with Crippen LogP contribution in [0.4, 0.5) is 13.2 Å². The average Bonchev–Trinajstić information content (AvgIpc) is 1.92. The van der Waals surface area contributed by atoms with Gasteiger partial charge in [-0.05, 0) is 22.0 Å². The van der Waals surface area contributed by atoms with Gasteiger partial charge < -0.3 is 0 Å². The van der Waals surface area contributed by atoms with Gasteiger partial charge >= 0.3 is 6.18 Å². The smallest absolute Gasteiger partial charge is 0.243 e. The van der Waals surface area contributed by atoms with Crippen LogP contribution in [0, 0.1) is 0 Å². The molecule has 0 saturated heterocycles. The zero-order valence-corrected chi connectivity index (χ0v) is 7.83. The van der Waals surface area contributed by atoms with Crippen molar-refractivity contribution in [1.82, 2.24) is 4.98 Å². The highest BCUT2D eigenvalue weighted by atomic mass is 79.9. The Morgan fingerprint density at radius 1 is 1.42 bits per heavy atom. The first-order chi connectivity index (χ1) is 5.43. The second kappa shape index (κ2) is 3.22. The average molecular weight is 260 g/mol. The topological polar surface area (TPSA) is 12.9 Å². The van der Waals surface area contributed by atoms with Crippen molar-refractivity contribution in [1.29, 1.82) is 0 Å². The molecular weight excluding hydrogens is 258 g/mol. The van der Waals surface area contributed by atoms with Gasteiger partial charge in [0.15, 0.2) is 0 Å². The van der Waals surface area contributed by atoms with Crippen LogP contribution >= 0.6 is 27.5 Å². The van der Waals surface area contributed by atoms with E-state index < -0.39 is 11.7 Å². The van der Waals surface area contributed by atoms with E-state index in [4.69, 9.17) is 11.6 Å². The molecule has 1 aromatic heterocycles. The van der Waals surface area contributed by atoms with Crippen LogP contribution in [0.2, 0.25) is 5.15 Å². The van der Waals surface area contributed by atoms with Crippen molar-refractivity contribution in [2.75, 3.05) is 0 Å². The van der Waals surface area contributed by atoms with Crippen molar-refractivity contribution in [3.8, 4) is 0 Å². The first-order valence-corrected chi connectivity index (χ1v) is 3.97. The van der Waals surface area contributed by atoms with Crippen LogP contribution in [0.1, 0.15) is 5.56 Å². The van der Waals surface area contributed by atoms with Crippen molar-refractivity contribution < 1.29 is 13.2 Å². The molecule has 1 aromatic rings. The first kappa shape index (κ1) is 9.80. The molecule has 1 heterocycles. The number of nitrogens with zero attached hydrogens (tertiary/aromatic N) is 1. The number of hydrogen-bond acceptors (Lipinski definition) is 1. The predicted molar refractivity (Wildman–Crippen MR) is 41.9 cm³/mol. The summed E-state index contributed by atoms with van der Waals surface area (Å²) >= 11 is 8.06. The molecule has 0 fully saturated rings. The minimum atomic E-state index is -4.40. The van der Waals surface area contributed by atoms with Gasteiger partial charge in [-0.15, -0.1) is 0 Å². The Labute approximate surface area is 79.7 Å². The quantitative estimate of drug-likeness (QED) is 0.650. The Balaban J connectivity index is 3.26. The minimum absolute atomic E-state index is 0.190. The molecule has 0 unspecified atom stereocenters. The van der Waals surface area contributed by atoms with Gasteiger partial charge in [-0.3, -0.25) is 0 Å². The number of aromatic nitrogens is 1. The van der Waals surface area contributed by atoms with Gasteiger partial charge in [-0.1, -0.05) is 11.6 Å². The van der Waals surface area contributed by atoms with Crippen LogP contribution in [0.25, 0.3) is 0 Å². The van der Waals surface area contributed by atoms with Crippen LogP contribution in [0.5, 0.6) is 0 Å². The maximum absolute atomic E-state index is 12.1. The number of alkyl halides is 3. The molecule has 0 aromatic carbocycles. The van der Waals surface area contributed by atoms with E-state index >= 15 is 0 Å². The molecule has 0 aliphatic rings. The van der Waals surface area contributed by atoms with E-state index in [-0.39, 0.29) is 9.63 Å². The molecule has 0 aliphatic carbocycles. The zero-order valence-electron chi connectivity index (χ0n) is 5.49. The Morgan fingerprint density at radius 3 is 2.42 bits per heavy atom. The molecule has 0 bridgehead atoms. The standard InChI is InChI=1S/C6H2BrClF3N/c7-4-3(6(9,10)11)1-2-12-5(4)8/h1-2H. The van der Waals surface area contributed by atoms with Crippen molar-refractivity contribution in [3.05, 3.63) is 27.5 Å². The van der Waals surface area contributed by atoms with Crippen molar-refractivity contribution in [3.63, 3.8) is 0 Å². The first-order valence-electron chi connectivity index (χ1n) is 2.80. The lowest BCUT2D eigenvalue weighted by Crippen LogP contribution is -2.06. The third kappa shape index (κ3) is 1.90. The molecule has 0 radical (unpaired) electrons. The number of rotatable bonds is 0. The molecular formula is C6H2BrClF3N. The summed E-state index contributed by atoms with van der Waals surface area (Å²) in [6, 6.07) is 0.857. The van der Waals surface area contributed by atoms with Gasteiger partial charge in [0.05, 0.1) is 10.0 Å². The van der Waals surface area contributed by atoms with Gasteiger partial charge in [0.2, 0.25) is 0 Å². The van der Waals surface area contributed by atoms with E-state index in [9.17, 15) is 13.2 Å². The van der Waals surface area contributed by atoms with Gasteiger partial charge in [-0.2, -0.15) is 13.2 Å². The lowest BCUT2D eigenvalue weighted by molar-refractivity contribution is -0.138. The Hall–Kier alpha value is -0.290. The summed E-state index contributed by atoms with van der Waals surface area (Å²) in [5.41, 5.74) is -0.817. The van der Waals surface area contributed by atoms with Crippen molar-refractivity contribution in [2.24, 2.45) is 0 Å². The van der Waals surface area contributed by atoms with E-state index in [1.54, 1.807) is 0 Å². The lowest BCUT2D eigenvalue weighted by atomic mass is 10.3. The van der Waals surface area contributed by atoms with Gasteiger partial charge in [-0.25, -0.2) is 4.98 Å². The Morgan fingerprint density at radius 2 is 2.00 bits per heavy atom. The minimum Gasteiger partial charge on any atom is -0.243 e. The van der Waals surface area contributed by atoms with Crippen LogP contribution in [0.15, 0.2) is 16.7 Å². The molecule has 0 saturated carbocycles. The Bertz CT molecular complexity index is 299. The summed E-state index contributed by atoms with van der Waals surface area (Å²) in [6.45, 7) is 0. The van der Waals surface area contributed by atoms with Crippen molar-refractivity contribution >= 4 is 27.5 Å². The third-order valence-electron chi connectivity index (χ3n) is 1.15. The van der Waals surface area contributed by atoms with Crippen LogP contribution < -0.4 is 0 Å². The third-order valence-corrected chi connectivity index (χ3v) is 2.47. The molecule has 6 heteroatoms. The fourth-order valence-electron chi connectivity index (χ4n) is 0.637. The maximum Gasteiger partial charge on any atom is 0.417 e. The largest absolute Gasteiger partial charge is 0.417 e. The number of pyridine rings is 1. The molecule has 0 atom stereocenters. The summed E-state index contributed by atoms with van der Waals surface area (Å²) in [5, 5.41) is -0.190. The summed E-state index contributed by atoms with van der Waals surface area (Å²) in [7, 11) is 0. The fourth-order valence-corrected chi connectivity index (χ4v) is 1.25. The van der Waals surface area contributed by atoms with Gasteiger partial charge in [0, 0.05) is 6.20 Å². The molecule has 1 rings (SSSR count). The molecule has 1 nitrogen and oxygen atoms in total. The highest BCUT2D eigenvalue weighted by Gasteiger charge is 2.33. The molecule has 12 heavy (non-hydrogen) atoms. The van der Waals surface area contributed by atoms with Crippen LogP contribution in [-0.4, -0.2) is 4.98 Å². The lowest BCUT2D eigenvalue weighted by Gasteiger charge is -2.08. The monoisotopic (exact) mass is 259 g/mol. The van der Waals surface area contributed by atoms with E-state index in [1.165, 1.54) is 0 Å². The number of hydrogen-bond donors (Lipinski definition) is 0. The molecule has 0 aliphatic heterocycles. The van der Waals surface area contributed by atoms with Gasteiger partial charge in [0.25, 0.3) is 0 Å². The predicted octanol–water partition coefficient (Wildman–Crippen LogP) is 3.52. The van der Waals surface area contributed by atoms with E-state index in [0.29, 0.717) is 0 Å². The summed E-state index contributed by atoms with van der Waals surface area (Å²) < 4.78 is 36.1. The van der Waals surface area contributed by atoms with E-state index in [2.05, 4.69) is 20.9 Å². The summed E-state index contributed by atoms with van der Waals surface area (Å²) in [4.78, 5) is 3.47. The van der Waals surface area contributed by atoms with E-state index in [1.807, 2.05) is 0 Å². The SMILES string of the molecule is FC(F)(F)c1ccnc(Cl)c1Br. The van der Waals surface area contributed by atoms with Gasteiger partial charge in [0.1, 0.15) is 5.15 Å². The Kier molecular flexibility index (Phi) is 2.63. The number of halogens is 5. The fraction of sp³-hybridized carbons (Fsp3) is 0.167. The zero-order chi connectivity index (χ0) is 9.35. The highest BCUT2D eigenvalue weighted by molar-refractivity contribution is 9.10. The maximum atomic E-state index is 12.1. The molecule has 0 amide bonds. The molecule has 0 spiro atoms. The van der Waals surface area contributed by atoms with Crippen molar-refractivity contribution in [2.45, 2.75) is 6.18 Å².